The maximum absolute atomic E-state index is 5.49. The Balaban J connectivity index is 3.63. The predicted octanol–water partition coefficient (Wildman–Crippen LogP) is 0.612. The Labute approximate surface area is 93.5 Å². The van der Waals surface area contributed by atoms with Gasteiger partial charge in [-0.25, -0.2) is 0 Å². The van der Waals surface area contributed by atoms with Gasteiger partial charge >= 0.3 is 0 Å². The van der Waals surface area contributed by atoms with Crippen molar-refractivity contribution in [2.24, 2.45) is 11.7 Å². The average molecular weight is 218 g/mol. The van der Waals surface area contributed by atoms with Crippen molar-refractivity contribution < 1.29 is 9.47 Å². The number of hydrogen-bond acceptors (Lipinski definition) is 4. The standard InChI is InChI=1S/C11H26N2O2/c1-10(8-14-2)7-13-11(9-15-3)5-4-6-12/h10-11,13H,4-9,12H2,1-3H3. The van der Waals surface area contributed by atoms with Crippen molar-refractivity contribution in [3.8, 4) is 0 Å². The molecule has 0 spiro atoms. The van der Waals surface area contributed by atoms with Gasteiger partial charge in [0.25, 0.3) is 0 Å². The first kappa shape index (κ1) is 14.8. The first-order chi connectivity index (χ1) is 7.24. The monoisotopic (exact) mass is 218 g/mol. The molecular weight excluding hydrogens is 192 g/mol. The molecule has 0 aromatic rings. The Bertz CT molecular complexity index is 134. The van der Waals surface area contributed by atoms with Gasteiger partial charge in [0.1, 0.15) is 0 Å². The first-order valence-corrected chi connectivity index (χ1v) is 5.65. The lowest BCUT2D eigenvalue weighted by molar-refractivity contribution is 0.139. The van der Waals surface area contributed by atoms with Crippen LogP contribution in [0.3, 0.4) is 0 Å². The van der Waals surface area contributed by atoms with E-state index in [0.717, 1.165) is 39.1 Å². The zero-order chi connectivity index (χ0) is 11.5. The largest absolute Gasteiger partial charge is 0.384 e. The molecule has 0 aliphatic heterocycles. The quantitative estimate of drug-likeness (QED) is 0.564. The zero-order valence-electron chi connectivity index (χ0n) is 10.3. The van der Waals surface area contributed by atoms with Gasteiger partial charge in [-0.2, -0.15) is 0 Å². The molecule has 0 heterocycles. The molecule has 2 atom stereocenters. The van der Waals surface area contributed by atoms with E-state index in [2.05, 4.69) is 12.2 Å². The summed E-state index contributed by atoms with van der Waals surface area (Å²) in [4.78, 5) is 0. The fraction of sp³-hybridized carbons (Fsp3) is 1.00. The molecular formula is C11H26N2O2. The van der Waals surface area contributed by atoms with E-state index in [0.29, 0.717) is 12.0 Å². The highest BCUT2D eigenvalue weighted by molar-refractivity contribution is 4.68. The Morgan fingerprint density at radius 2 is 1.87 bits per heavy atom. The molecule has 92 valence electrons. The Morgan fingerprint density at radius 1 is 1.20 bits per heavy atom. The number of methoxy groups -OCH3 is 2. The lowest BCUT2D eigenvalue weighted by atomic mass is 10.1. The van der Waals surface area contributed by atoms with Crippen molar-refractivity contribution in [1.29, 1.82) is 0 Å². The van der Waals surface area contributed by atoms with E-state index in [9.17, 15) is 0 Å². The molecule has 4 heteroatoms. The Hall–Kier alpha value is -0.160. The van der Waals surface area contributed by atoms with Crippen molar-refractivity contribution in [1.82, 2.24) is 5.32 Å². The average Bonchev–Trinajstić information content (AvgIpc) is 2.22. The van der Waals surface area contributed by atoms with E-state index >= 15 is 0 Å². The summed E-state index contributed by atoms with van der Waals surface area (Å²) in [5.41, 5.74) is 5.49. The second-order valence-corrected chi connectivity index (χ2v) is 4.05. The van der Waals surface area contributed by atoms with Gasteiger partial charge in [0, 0.05) is 33.4 Å². The molecule has 4 nitrogen and oxygen atoms in total. The van der Waals surface area contributed by atoms with E-state index in [1.807, 2.05) is 0 Å². The summed E-state index contributed by atoms with van der Waals surface area (Å²) < 4.78 is 10.2. The molecule has 0 radical (unpaired) electrons. The van der Waals surface area contributed by atoms with E-state index < -0.39 is 0 Å². The van der Waals surface area contributed by atoms with Crippen LogP contribution in [0.4, 0.5) is 0 Å². The minimum Gasteiger partial charge on any atom is -0.384 e. The molecule has 0 aromatic heterocycles. The van der Waals surface area contributed by atoms with Crippen LogP contribution in [0.5, 0.6) is 0 Å². The number of hydrogen-bond donors (Lipinski definition) is 2. The van der Waals surface area contributed by atoms with E-state index in [1.54, 1.807) is 14.2 Å². The van der Waals surface area contributed by atoms with Crippen molar-refractivity contribution in [3.05, 3.63) is 0 Å². The van der Waals surface area contributed by atoms with Crippen LogP contribution in [0.25, 0.3) is 0 Å². The molecule has 0 saturated heterocycles. The van der Waals surface area contributed by atoms with Gasteiger partial charge in [-0.1, -0.05) is 6.92 Å². The van der Waals surface area contributed by atoms with Gasteiger partial charge in [-0.05, 0) is 25.3 Å². The number of nitrogens with one attached hydrogen (secondary N) is 1. The van der Waals surface area contributed by atoms with E-state index in [-0.39, 0.29) is 0 Å². The van der Waals surface area contributed by atoms with Crippen molar-refractivity contribution in [2.45, 2.75) is 25.8 Å². The SMILES string of the molecule is COCC(C)CNC(CCCN)COC. The summed E-state index contributed by atoms with van der Waals surface area (Å²) in [7, 11) is 3.47. The van der Waals surface area contributed by atoms with E-state index in [4.69, 9.17) is 15.2 Å². The molecule has 0 aliphatic rings. The van der Waals surface area contributed by atoms with Crippen LogP contribution in [0, 0.1) is 5.92 Å². The van der Waals surface area contributed by atoms with Crippen LogP contribution in [-0.2, 0) is 9.47 Å². The van der Waals surface area contributed by atoms with Gasteiger partial charge in [0.15, 0.2) is 0 Å². The smallest absolute Gasteiger partial charge is 0.0615 e. The minimum absolute atomic E-state index is 0.415. The maximum Gasteiger partial charge on any atom is 0.0615 e. The molecule has 0 saturated carbocycles. The van der Waals surface area contributed by atoms with Crippen molar-refractivity contribution in [2.75, 3.05) is 40.5 Å². The normalized spacial score (nSPS) is 15.2. The van der Waals surface area contributed by atoms with E-state index in [1.165, 1.54) is 0 Å². The molecule has 2 unspecified atom stereocenters. The molecule has 3 N–H and O–H groups in total. The van der Waals surface area contributed by atoms with Crippen molar-refractivity contribution >= 4 is 0 Å². The second-order valence-electron chi connectivity index (χ2n) is 4.05. The Morgan fingerprint density at radius 3 is 2.40 bits per heavy atom. The minimum atomic E-state index is 0.415. The third kappa shape index (κ3) is 8.81. The highest BCUT2D eigenvalue weighted by Gasteiger charge is 2.09. The van der Waals surface area contributed by atoms with Crippen LogP contribution in [0.2, 0.25) is 0 Å². The fourth-order valence-corrected chi connectivity index (χ4v) is 1.52. The summed E-state index contributed by atoms with van der Waals surface area (Å²) in [6, 6.07) is 0.415. The maximum atomic E-state index is 5.49. The summed E-state index contributed by atoms with van der Waals surface area (Å²) in [6.07, 6.45) is 2.11. The molecule has 0 aliphatic carbocycles. The molecule has 15 heavy (non-hydrogen) atoms. The summed E-state index contributed by atoms with van der Waals surface area (Å²) in [6.45, 7) is 5.43. The van der Waals surface area contributed by atoms with Crippen molar-refractivity contribution in [3.63, 3.8) is 0 Å². The molecule has 0 amide bonds. The highest BCUT2D eigenvalue weighted by Crippen LogP contribution is 1.99. The third-order valence-electron chi connectivity index (χ3n) is 2.33. The lowest BCUT2D eigenvalue weighted by Crippen LogP contribution is -2.37. The van der Waals surface area contributed by atoms with Crippen LogP contribution < -0.4 is 11.1 Å². The van der Waals surface area contributed by atoms with Gasteiger partial charge in [-0.3, -0.25) is 0 Å². The van der Waals surface area contributed by atoms with Gasteiger partial charge in [0.2, 0.25) is 0 Å². The van der Waals surface area contributed by atoms with Crippen LogP contribution in [-0.4, -0.2) is 46.6 Å². The zero-order valence-corrected chi connectivity index (χ0v) is 10.3. The second kappa shape index (κ2) is 10.4. The molecule has 0 aromatic carbocycles. The number of nitrogens with two attached hydrogens (primary N) is 1. The van der Waals surface area contributed by atoms with Crippen LogP contribution in [0.15, 0.2) is 0 Å². The molecule has 0 bridgehead atoms. The lowest BCUT2D eigenvalue weighted by Gasteiger charge is -2.20. The molecule has 0 fully saturated rings. The highest BCUT2D eigenvalue weighted by atomic mass is 16.5. The first-order valence-electron chi connectivity index (χ1n) is 5.65. The number of rotatable bonds is 10. The van der Waals surface area contributed by atoms with Gasteiger partial charge < -0.3 is 20.5 Å². The molecule has 0 rings (SSSR count). The summed E-state index contributed by atoms with van der Waals surface area (Å²) >= 11 is 0. The van der Waals surface area contributed by atoms with Gasteiger partial charge in [-0.15, -0.1) is 0 Å². The van der Waals surface area contributed by atoms with Gasteiger partial charge in [0.05, 0.1) is 6.61 Å². The number of ether oxygens (including phenoxy) is 2. The summed E-state index contributed by atoms with van der Waals surface area (Å²) in [5.74, 6) is 0.534. The fourth-order valence-electron chi connectivity index (χ4n) is 1.52. The Kier molecular flexibility index (Phi) is 10.3. The van der Waals surface area contributed by atoms with Crippen LogP contribution >= 0.6 is 0 Å². The summed E-state index contributed by atoms with van der Waals surface area (Å²) in [5, 5.41) is 3.48. The van der Waals surface area contributed by atoms with Crippen LogP contribution in [0.1, 0.15) is 19.8 Å². The predicted molar refractivity (Wildman–Crippen MR) is 63.0 cm³/mol. The topological polar surface area (TPSA) is 56.5 Å². The third-order valence-corrected chi connectivity index (χ3v) is 2.33.